The van der Waals surface area contributed by atoms with Crippen LogP contribution in [0.15, 0.2) is 0 Å². The molecule has 1 fully saturated rings. The van der Waals surface area contributed by atoms with Gasteiger partial charge in [-0.25, -0.2) is 4.98 Å². The zero-order valence-electron chi connectivity index (χ0n) is 8.49. The molecule has 1 unspecified atom stereocenters. The van der Waals surface area contributed by atoms with E-state index in [1.54, 1.807) is 0 Å². The molecule has 78 valence electrons. The molecule has 0 bridgehead atoms. The highest BCUT2D eigenvalue weighted by atomic mass is 32.1. The van der Waals surface area contributed by atoms with E-state index in [1.165, 1.54) is 24.4 Å². The van der Waals surface area contributed by atoms with Gasteiger partial charge in [-0.05, 0) is 25.7 Å². The van der Waals surface area contributed by atoms with Gasteiger partial charge in [0.1, 0.15) is 6.10 Å². The zero-order valence-corrected chi connectivity index (χ0v) is 9.30. The van der Waals surface area contributed by atoms with Crippen molar-refractivity contribution in [2.75, 3.05) is 19.0 Å². The first-order chi connectivity index (χ1) is 6.85. The lowest BCUT2D eigenvalue weighted by Crippen LogP contribution is -2.08. The molecule has 4 nitrogen and oxygen atoms in total. The molecule has 1 atom stereocenters. The number of rotatable bonds is 5. The Bertz CT molecular complexity index is 298. The van der Waals surface area contributed by atoms with E-state index in [0.29, 0.717) is 5.92 Å². The van der Waals surface area contributed by atoms with Gasteiger partial charge in [0.25, 0.3) is 0 Å². The van der Waals surface area contributed by atoms with Crippen molar-refractivity contribution in [1.82, 2.24) is 9.36 Å². The SMILES string of the molecule is CCOC(c1nsc(NC)n1)C1CC1. The Hall–Kier alpha value is -0.680. The predicted molar refractivity (Wildman–Crippen MR) is 56.5 cm³/mol. The molecule has 1 aromatic heterocycles. The third kappa shape index (κ3) is 2.04. The third-order valence-corrected chi connectivity index (χ3v) is 3.05. The van der Waals surface area contributed by atoms with Gasteiger partial charge in [0.15, 0.2) is 5.82 Å². The second-order valence-corrected chi connectivity index (χ2v) is 4.17. The van der Waals surface area contributed by atoms with Gasteiger partial charge in [-0.1, -0.05) is 0 Å². The predicted octanol–water partition coefficient (Wildman–Crippen LogP) is 2.07. The van der Waals surface area contributed by atoms with E-state index < -0.39 is 0 Å². The molecule has 14 heavy (non-hydrogen) atoms. The molecule has 1 aromatic rings. The standard InChI is InChI=1S/C9H15N3OS/c1-3-13-7(6-4-5-6)8-11-9(10-2)14-12-8/h6-7H,3-5H2,1-2H3,(H,10,11,12). The molecule has 0 amide bonds. The molecular formula is C9H15N3OS. The molecule has 1 aliphatic carbocycles. The zero-order chi connectivity index (χ0) is 9.97. The average Bonchev–Trinajstić information content (AvgIpc) is 2.92. The Kier molecular flexibility index (Phi) is 2.98. The largest absolute Gasteiger partial charge is 0.370 e. The summed E-state index contributed by atoms with van der Waals surface area (Å²) in [5.41, 5.74) is 0. The van der Waals surface area contributed by atoms with Crippen LogP contribution < -0.4 is 5.32 Å². The molecule has 5 heteroatoms. The maximum absolute atomic E-state index is 5.66. The quantitative estimate of drug-likeness (QED) is 0.813. The fourth-order valence-electron chi connectivity index (χ4n) is 1.45. The molecule has 0 radical (unpaired) electrons. The molecule has 1 saturated carbocycles. The number of ether oxygens (including phenoxy) is 1. The third-order valence-electron chi connectivity index (χ3n) is 2.31. The minimum absolute atomic E-state index is 0.123. The van der Waals surface area contributed by atoms with Crippen molar-refractivity contribution >= 4 is 16.7 Å². The van der Waals surface area contributed by atoms with Crippen LogP contribution in [0.2, 0.25) is 0 Å². The van der Waals surface area contributed by atoms with E-state index in [2.05, 4.69) is 14.7 Å². The van der Waals surface area contributed by atoms with E-state index in [9.17, 15) is 0 Å². The molecule has 2 rings (SSSR count). The van der Waals surface area contributed by atoms with Crippen molar-refractivity contribution in [3.05, 3.63) is 5.82 Å². The second-order valence-electron chi connectivity index (χ2n) is 3.42. The fourth-order valence-corrected chi connectivity index (χ4v) is 2.00. The van der Waals surface area contributed by atoms with E-state index in [4.69, 9.17) is 4.74 Å². The van der Waals surface area contributed by atoms with Crippen molar-refractivity contribution in [1.29, 1.82) is 0 Å². The molecule has 1 N–H and O–H groups in total. The van der Waals surface area contributed by atoms with Gasteiger partial charge in [0.05, 0.1) is 0 Å². The number of hydrogen-bond donors (Lipinski definition) is 1. The highest BCUT2D eigenvalue weighted by Gasteiger charge is 2.35. The van der Waals surface area contributed by atoms with E-state index in [0.717, 1.165) is 17.6 Å². The average molecular weight is 213 g/mol. The van der Waals surface area contributed by atoms with Crippen LogP contribution in [0.1, 0.15) is 31.7 Å². The molecule has 1 aliphatic rings. The van der Waals surface area contributed by atoms with Crippen LogP contribution >= 0.6 is 11.5 Å². The van der Waals surface area contributed by atoms with Crippen molar-refractivity contribution in [2.45, 2.75) is 25.9 Å². The normalized spacial score (nSPS) is 18.1. The first-order valence-electron chi connectivity index (χ1n) is 4.98. The van der Waals surface area contributed by atoms with Gasteiger partial charge in [-0.3, -0.25) is 0 Å². The molecule has 0 aromatic carbocycles. The van der Waals surface area contributed by atoms with E-state index in [-0.39, 0.29) is 6.10 Å². The molecular weight excluding hydrogens is 198 g/mol. The Labute approximate surface area is 87.9 Å². The first-order valence-corrected chi connectivity index (χ1v) is 5.75. The summed E-state index contributed by atoms with van der Waals surface area (Å²) in [6.07, 6.45) is 2.62. The van der Waals surface area contributed by atoms with Crippen LogP contribution in [0.25, 0.3) is 0 Å². The Morgan fingerprint density at radius 2 is 2.43 bits per heavy atom. The van der Waals surface area contributed by atoms with Crippen molar-refractivity contribution in [3.8, 4) is 0 Å². The van der Waals surface area contributed by atoms with Crippen LogP contribution in [0.5, 0.6) is 0 Å². The minimum Gasteiger partial charge on any atom is -0.370 e. The summed E-state index contributed by atoms with van der Waals surface area (Å²) in [6.45, 7) is 2.75. The summed E-state index contributed by atoms with van der Waals surface area (Å²) in [5, 5.41) is 3.86. The van der Waals surface area contributed by atoms with Gasteiger partial charge >= 0.3 is 0 Å². The van der Waals surface area contributed by atoms with Gasteiger partial charge in [0, 0.05) is 25.2 Å². The smallest absolute Gasteiger partial charge is 0.202 e. The highest BCUT2D eigenvalue weighted by molar-refractivity contribution is 7.09. The van der Waals surface area contributed by atoms with Crippen molar-refractivity contribution in [2.24, 2.45) is 5.92 Å². The molecule has 0 aliphatic heterocycles. The summed E-state index contributed by atoms with van der Waals surface area (Å²) in [5.74, 6) is 1.50. The maximum Gasteiger partial charge on any atom is 0.202 e. The number of hydrogen-bond acceptors (Lipinski definition) is 5. The van der Waals surface area contributed by atoms with Crippen LogP contribution in [0.4, 0.5) is 5.13 Å². The second kappa shape index (κ2) is 4.23. The number of nitrogens with one attached hydrogen (secondary N) is 1. The monoisotopic (exact) mass is 213 g/mol. The van der Waals surface area contributed by atoms with Crippen LogP contribution in [-0.2, 0) is 4.74 Å². The lowest BCUT2D eigenvalue weighted by molar-refractivity contribution is 0.0410. The highest BCUT2D eigenvalue weighted by Crippen LogP contribution is 2.42. The van der Waals surface area contributed by atoms with E-state index in [1.807, 2.05) is 14.0 Å². The van der Waals surface area contributed by atoms with Crippen LogP contribution in [0.3, 0.4) is 0 Å². The Morgan fingerprint density at radius 1 is 1.64 bits per heavy atom. The van der Waals surface area contributed by atoms with Gasteiger partial charge in [-0.15, -0.1) is 0 Å². The number of anilines is 1. The number of nitrogens with zero attached hydrogens (tertiary/aromatic N) is 2. The number of aromatic nitrogens is 2. The maximum atomic E-state index is 5.66. The summed E-state index contributed by atoms with van der Waals surface area (Å²) in [6, 6.07) is 0. The molecule has 1 heterocycles. The summed E-state index contributed by atoms with van der Waals surface area (Å²) >= 11 is 1.40. The minimum atomic E-state index is 0.123. The molecule has 0 spiro atoms. The first kappa shape index (κ1) is 9.86. The van der Waals surface area contributed by atoms with E-state index >= 15 is 0 Å². The van der Waals surface area contributed by atoms with Crippen LogP contribution in [0, 0.1) is 5.92 Å². The van der Waals surface area contributed by atoms with Gasteiger partial charge in [0.2, 0.25) is 5.13 Å². The fraction of sp³-hybridized carbons (Fsp3) is 0.778. The van der Waals surface area contributed by atoms with Gasteiger partial charge < -0.3 is 10.1 Å². The summed E-state index contributed by atoms with van der Waals surface area (Å²) < 4.78 is 9.97. The summed E-state index contributed by atoms with van der Waals surface area (Å²) in [4.78, 5) is 4.38. The van der Waals surface area contributed by atoms with Gasteiger partial charge in [-0.2, -0.15) is 4.37 Å². The van der Waals surface area contributed by atoms with Crippen molar-refractivity contribution in [3.63, 3.8) is 0 Å². The van der Waals surface area contributed by atoms with Crippen LogP contribution in [-0.4, -0.2) is 23.0 Å². The summed E-state index contributed by atoms with van der Waals surface area (Å²) in [7, 11) is 1.86. The molecule has 0 saturated heterocycles. The lowest BCUT2D eigenvalue weighted by atomic mass is 10.2. The Balaban J connectivity index is 2.08. The lowest BCUT2D eigenvalue weighted by Gasteiger charge is -2.11. The Morgan fingerprint density at radius 3 is 2.93 bits per heavy atom. The van der Waals surface area contributed by atoms with Crippen molar-refractivity contribution < 1.29 is 4.74 Å². The topological polar surface area (TPSA) is 47.0 Å².